The maximum atomic E-state index is 10.8. The molecule has 0 aliphatic carbocycles. The van der Waals surface area contributed by atoms with Gasteiger partial charge in [0, 0.05) is 30.0 Å². The van der Waals surface area contributed by atoms with Crippen molar-refractivity contribution in [1.82, 2.24) is 15.5 Å². The Labute approximate surface area is 254 Å². The Balaban J connectivity index is 0.00000268. The van der Waals surface area contributed by atoms with Gasteiger partial charge in [0.25, 0.3) is 0 Å². The molecule has 1 atom stereocenters. The van der Waals surface area contributed by atoms with E-state index in [2.05, 4.69) is 87.5 Å². The van der Waals surface area contributed by atoms with Crippen molar-refractivity contribution in [3.05, 3.63) is 107 Å². The highest BCUT2D eigenvalue weighted by Crippen LogP contribution is 2.29. The summed E-state index contributed by atoms with van der Waals surface area (Å²) in [6, 6.07) is 13.2. The molecule has 41 heavy (non-hydrogen) atoms. The zero-order valence-corrected chi connectivity index (χ0v) is 26.8. The molecule has 2 aromatic rings. The number of carbonyl (C=O) groups is 1. The molecule has 0 saturated carbocycles. The van der Waals surface area contributed by atoms with E-state index in [0.29, 0.717) is 12.2 Å². The van der Waals surface area contributed by atoms with Crippen molar-refractivity contribution in [2.24, 2.45) is 5.73 Å². The lowest BCUT2D eigenvalue weighted by Crippen LogP contribution is -2.30. The number of rotatable bonds is 16. The molecular weight excluding hydrogens is 528 g/mol. The number of hydrogen-bond donors (Lipinski definition) is 3. The molecule has 1 amide bonds. The summed E-state index contributed by atoms with van der Waals surface area (Å²) in [6.45, 7) is 22.6. The van der Waals surface area contributed by atoms with Crippen molar-refractivity contribution < 1.29 is 4.79 Å². The van der Waals surface area contributed by atoms with Gasteiger partial charge in [-0.15, -0.1) is 6.58 Å². The van der Waals surface area contributed by atoms with E-state index < -0.39 is 0 Å². The number of unbranched alkanes of at least 4 members (excludes halogenated alkanes) is 1. The minimum atomic E-state index is 0.250. The predicted molar refractivity (Wildman–Crippen MR) is 179 cm³/mol. The molecule has 0 spiro atoms. The van der Waals surface area contributed by atoms with Crippen LogP contribution < -0.4 is 16.4 Å². The van der Waals surface area contributed by atoms with Crippen molar-refractivity contribution in [2.75, 3.05) is 13.6 Å². The van der Waals surface area contributed by atoms with Gasteiger partial charge in [-0.05, 0) is 100 Å². The van der Waals surface area contributed by atoms with Crippen molar-refractivity contribution in [1.29, 1.82) is 0 Å². The topological polar surface area (TPSA) is 70.4 Å². The number of amides is 1. The summed E-state index contributed by atoms with van der Waals surface area (Å²) in [5.74, 6) is 0.541. The number of nitrogens with zero attached hydrogens (tertiary/aromatic N) is 1. The number of benzene rings is 2. The van der Waals surface area contributed by atoms with Crippen LogP contribution >= 0.6 is 11.6 Å². The molecule has 0 radical (unpaired) electrons. The molecule has 0 aliphatic rings. The average molecular weight is 579 g/mol. The van der Waals surface area contributed by atoms with E-state index >= 15 is 0 Å². The van der Waals surface area contributed by atoms with Crippen LogP contribution in [0.4, 0.5) is 0 Å². The second-order valence-corrected chi connectivity index (χ2v) is 10.8. The van der Waals surface area contributed by atoms with Gasteiger partial charge < -0.3 is 21.3 Å². The highest BCUT2D eigenvalue weighted by atomic mass is 35.5. The summed E-state index contributed by atoms with van der Waals surface area (Å²) in [6.07, 6.45) is 8.46. The highest BCUT2D eigenvalue weighted by Gasteiger charge is 2.16. The Morgan fingerprint density at radius 1 is 1.12 bits per heavy atom. The van der Waals surface area contributed by atoms with E-state index in [1.807, 2.05) is 25.8 Å². The largest absolute Gasteiger partial charge is 0.382 e. The first kappa shape index (κ1) is 35.7. The fourth-order valence-electron chi connectivity index (χ4n) is 4.71. The number of nitrogens with one attached hydrogen (secondary N) is 2. The van der Waals surface area contributed by atoms with Gasteiger partial charge in [0.05, 0.1) is 5.02 Å². The molecule has 4 N–H and O–H groups in total. The van der Waals surface area contributed by atoms with Gasteiger partial charge in [0.2, 0.25) is 6.41 Å². The first-order chi connectivity index (χ1) is 19.5. The van der Waals surface area contributed by atoms with Crippen molar-refractivity contribution in [3.63, 3.8) is 0 Å². The van der Waals surface area contributed by atoms with Crippen LogP contribution in [0, 0.1) is 6.92 Å². The van der Waals surface area contributed by atoms with Crippen molar-refractivity contribution in [2.45, 2.75) is 79.2 Å². The maximum Gasteiger partial charge on any atom is 0.212 e. The second kappa shape index (κ2) is 19.0. The lowest BCUT2D eigenvalue weighted by atomic mass is 9.96. The van der Waals surface area contributed by atoms with E-state index in [0.717, 1.165) is 83.7 Å². The summed E-state index contributed by atoms with van der Waals surface area (Å²) in [5.41, 5.74) is 14.4. The van der Waals surface area contributed by atoms with Crippen molar-refractivity contribution >= 4 is 29.3 Å². The Kier molecular flexibility index (Phi) is 16.5. The van der Waals surface area contributed by atoms with Gasteiger partial charge in [0.1, 0.15) is 5.82 Å². The number of nitrogens with two attached hydrogens (primary N) is 1. The van der Waals surface area contributed by atoms with Gasteiger partial charge >= 0.3 is 0 Å². The van der Waals surface area contributed by atoms with E-state index in [-0.39, 0.29) is 6.04 Å². The third kappa shape index (κ3) is 11.6. The third-order valence-electron chi connectivity index (χ3n) is 7.13. The summed E-state index contributed by atoms with van der Waals surface area (Å²) in [5, 5.41) is 7.04. The SMILES string of the molecule is C=C(NC(CCC)Cc1ccc(/C(C)=C(\C)N(C)C(=C)NC=O)cc1)c1c(C)cc(CCCCN)cc1Cl.C=CC. The number of halogens is 1. The fraction of sp³-hybridized carbons (Fsp3) is 0.400. The second-order valence-electron chi connectivity index (χ2n) is 10.4. The van der Waals surface area contributed by atoms with Crippen LogP contribution in [0.2, 0.25) is 5.02 Å². The first-order valence-electron chi connectivity index (χ1n) is 14.5. The summed E-state index contributed by atoms with van der Waals surface area (Å²) < 4.78 is 0. The quantitative estimate of drug-likeness (QED) is 0.107. The minimum absolute atomic E-state index is 0.250. The molecular formula is C35H51ClN4O. The lowest BCUT2D eigenvalue weighted by Gasteiger charge is -2.24. The molecule has 2 rings (SSSR count). The molecule has 0 fully saturated rings. The Bertz CT molecular complexity index is 1160. The molecule has 1 unspecified atom stereocenters. The Morgan fingerprint density at radius 2 is 1.76 bits per heavy atom. The van der Waals surface area contributed by atoms with E-state index in [9.17, 15) is 4.79 Å². The summed E-state index contributed by atoms with van der Waals surface area (Å²) in [7, 11) is 1.89. The monoisotopic (exact) mass is 578 g/mol. The average Bonchev–Trinajstić information content (AvgIpc) is 2.92. The zero-order valence-electron chi connectivity index (χ0n) is 26.1. The third-order valence-corrected chi connectivity index (χ3v) is 7.43. The van der Waals surface area contributed by atoms with Gasteiger partial charge in [-0.1, -0.05) is 74.5 Å². The Morgan fingerprint density at radius 3 is 2.29 bits per heavy atom. The molecule has 5 nitrogen and oxygen atoms in total. The number of allylic oxidation sites excluding steroid dienone is 3. The van der Waals surface area contributed by atoms with Crippen LogP contribution in [0.5, 0.6) is 0 Å². The molecule has 0 aromatic heterocycles. The van der Waals surface area contributed by atoms with Gasteiger partial charge in [-0.2, -0.15) is 0 Å². The van der Waals surface area contributed by atoms with E-state index in [4.69, 9.17) is 17.3 Å². The normalized spacial score (nSPS) is 11.8. The zero-order chi connectivity index (χ0) is 30.9. The minimum Gasteiger partial charge on any atom is -0.382 e. The maximum absolute atomic E-state index is 10.8. The Hall–Kier alpha value is -3.28. The van der Waals surface area contributed by atoms with Crippen LogP contribution in [0.1, 0.15) is 81.2 Å². The van der Waals surface area contributed by atoms with Crippen LogP contribution in [-0.2, 0) is 17.6 Å². The summed E-state index contributed by atoms with van der Waals surface area (Å²) >= 11 is 6.74. The van der Waals surface area contributed by atoms with Crippen LogP contribution in [0.3, 0.4) is 0 Å². The molecule has 224 valence electrons. The van der Waals surface area contributed by atoms with Crippen LogP contribution in [0.25, 0.3) is 11.3 Å². The highest BCUT2D eigenvalue weighted by molar-refractivity contribution is 6.32. The molecule has 0 saturated heterocycles. The van der Waals surface area contributed by atoms with Crippen LogP contribution in [0.15, 0.2) is 73.7 Å². The predicted octanol–water partition coefficient (Wildman–Crippen LogP) is 7.99. The summed E-state index contributed by atoms with van der Waals surface area (Å²) in [4.78, 5) is 12.6. The number of hydrogen-bond acceptors (Lipinski definition) is 4. The van der Waals surface area contributed by atoms with E-state index in [1.54, 1.807) is 6.08 Å². The lowest BCUT2D eigenvalue weighted by molar-refractivity contribution is -0.109. The molecule has 6 heteroatoms. The first-order valence-corrected chi connectivity index (χ1v) is 14.8. The molecule has 0 heterocycles. The van der Waals surface area contributed by atoms with Gasteiger partial charge in [-0.25, -0.2) is 0 Å². The number of carbonyl (C=O) groups excluding carboxylic acids is 1. The smallest absolute Gasteiger partial charge is 0.212 e. The van der Waals surface area contributed by atoms with Crippen molar-refractivity contribution in [3.8, 4) is 0 Å². The van der Waals surface area contributed by atoms with Gasteiger partial charge in [0.15, 0.2) is 0 Å². The molecule has 0 aliphatic heterocycles. The standard InChI is InChI=1S/C32H45ClN4O.C3H6/c1-8-11-30(36-24(4)32-22(2)18-28(20-31(32)33)12-9-10-17-34)19-27-13-15-29(16-14-27)23(3)25(5)37(7)26(6)35-21-38;1-3-2/h13-16,18,20-21,30,36H,4,6,8-12,17,19,34H2,1-3,5,7H3,(H,35,38);3H,1H2,2H3/b25-23+;. The fourth-order valence-corrected chi connectivity index (χ4v) is 5.11. The van der Waals surface area contributed by atoms with Gasteiger partial charge in [-0.3, -0.25) is 4.79 Å². The molecule has 0 bridgehead atoms. The van der Waals surface area contributed by atoms with Crippen LogP contribution in [-0.4, -0.2) is 30.9 Å². The number of aryl methyl sites for hydroxylation is 2. The van der Waals surface area contributed by atoms with E-state index in [1.165, 1.54) is 11.1 Å². The molecule has 2 aromatic carbocycles.